The summed E-state index contributed by atoms with van der Waals surface area (Å²) in [6.07, 6.45) is 4.66. The summed E-state index contributed by atoms with van der Waals surface area (Å²) in [4.78, 5) is 18.6. The number of carbonyl (C=O) groups is 1. The number of rotatable bonds is 6. The van der Waals surface area contributed by atoms with Gasteiger partial charge in [-0.15, -0.1) is 12.4 Å². The number of likely N-dealkylation sites (tertiary alicyclic amines) is 1. The van der Waals surface area contributed by atoms with E-state index in [-0.39, 0.29) is 29.8 Å². The highest BCUT2D eigenvalue weighted by atomic mass is 35.5. The Balaban J connectivity index is 0.00000264. The van der Waals surface area contributed by atoms with E-state index in [1.165, 1.54) is 0 Å². The first-order valence-corrected chi connectivity index (χ1v) is 8.27. The van der Waals surface area contributed by atoms with E-state index in [1.54, 1.807) is 0 Å². The molecule has 0 aliphatic carbocycles. The quantitative estimate of drug-likeness (QED) is 0.856. The van der Waals surface area contributed by atoms with Gasteiger partial charge >= 0.3 is 0 Å². The lowest BCUT2D eigenvalue weighted by Gasteiger charge is -2.42. The topological polar surface area (TPSA) is 85.2 Å². The number of aromatic nitrogens is 2. The minimum absolute atomic E-state index is 0. The van der Waals surface area contributed by atoms with Gasteiger partial charge in [0.2, 0.25) is 11.8 Å². The van der Waals surface area contributed by atoms with Crippen molar-refractivity contribution in [1.82, 2.24) is 15.0 Å². The molecule has 1 aliphatic heterocycles. The van der Waals surface area contributed by atoms with Crippen molar-refractivity contribution in [3.63, 3.8) is 0 Å². The smallest absolute Gasteiger partial charge is 0.226 e. The predicted octanol–water partition coefficient (Wildman–Crippen LogP) is 2.35. The van der Waals surface area contributed by atoms with Crippen LogP contribution in [0, 0.1) is 5.41 Å². The Hall–Kier alpha value is -1.14. The van der Waals surface area contributed by atoms with Crippen LogP contribution in [0.1, 0.15) is 58.2 Å². The lowest BCUT2D eigenvalue weighted by Crippen LogP contribution is -2.53. The molecular weight excluding hydrogens is 316 g/mol. The van der Waals surface area contributed by atoms with E-state index >= 15 is 0 Å². The van der Waals surface area contributed by atoms with Gasteiger partial charge in [0, 0.05) is 38.4 Å². The van der Waals surface area contributed by atoms with E-state index in [9.17, 15) is 4.79 Å². The number of carbonyl (C=O) groups excluding carboxylic acids is 1. The Kier molecular flexibility index (Phi) is 7.48. The molecule has 0 radical (unpaired) electrons. The number of nitrogens with two attached hydrogens (primary N) is 1. The molecule has 0 bridgehead atoms. The zero-order valence-corrected chi connectivity index (χ0v) is 15.2. The number of nitrogens with zero attached hydrogens (tertiary/aromatic N) is 3. The molecule has 1 aliphatic rings. The number of hydrogen-bond donors (Lipinski definition) is 1. The average molecular weight is 345 g/mol. The second-order valence-corrected chi connectivity index (χ2v) is 6.91. The van der Waals surface area contributed by atoms with Crippen LogP contribution >= 0.6 is 12.4 Å². The largest absolute Gasteiger partial charge is 0.342 e. The molecule has 0 saturated carbocycles. The van der Waals surface area contributed by atoms with Gasteiger partial charge in [0.1, 0.15) is 0 Å². The van der Waals surface area contributed by atoms with Crippen LogP contribution in [0.5, 0.6) is 0 Å². The number of hydrogen-bond acceptors (Lipinski definition) is 5. The molecule has 2 heterocycles. The van der Waals surface area contributed by atoms with Gasteiger partial charge in [0.05, 0.1) is 0 Å². The van der Waals surface area contributed by atoms with Crippen LogP contribution in [0.2, 0.25) is 0 Å². The fourth-order valence-electron chi connectivity index (χ4n) is 2.85. The summed E-state index contributed by atoms with van der Waals surface area (Å²) in [5.74, 6) is 1.60. The Morgan fingerprint density at radius 1 is 1.43 bits per heavy atom. The summed E-state index contributed by atoms with van der Waals surface area (Å²) >= 11 is 0. The van der Waals surface area contributed by atoms with Crippen molar-refractivity contribution in [3.8, 4) is 0 Å². The van der Waals surface area contributed by atoms with Crippen LogP contribution in [-0.4, -0.2) is 40.1 Å². The molecule has 0 spiro atoms. The third-order valence-corrected chi connectivity index (χ3v) is 4.43. The van der Waals surface area contributed by atoms with Crippen molar-refractivity contribution < 1.29 is 9.32 Å². The van der Waals surface area contributed by atoms with Gasteiger partial charge in [-0.05, 0) is 24.7 Å². The van der Waals surface area contributed by atoms with E-state index in [2.05, 4.69) is 30.9 Å². The lowest BCUT2D eigenvalue weighted by atomic mass is 9.79. The fraction of sp³-hybridized carbons (Fsp3) is 0.812. The van der Waals surface area contributed by atoms with Crippen LogP contribution in [0.3, 0.4) is 0 Å². The first kappa shape index (κ1) is 19.9. The highest BCUT2D eigenvalue weighted by molar-refractivity contribution is 5.85. The molecule has 1 atom stereocenters. The molecule has 23 heavy (non-hydrogen) atoms. The van der Waals surface area contributed by atoms with Crippen LogP contribution in [-0.2, 0) is 17.6 Å². The highest BCUT2D eigenvalue weighted by Gasteiger charge is 2.34. The lowest BCUT2D eigenvalue weighted by molar-refractivity contribution is -0.134. The van der Waals surface area contributed by atoms with E-state index < -0.39 is 0 Å². The molecule has 1 unspecified atom stereocenters. The summed E-state index contributed by atoms with van der Waals surface area (Å²) in [5, 5.41) is 3.93. The summed E-state index contributed by atoms with van der Waals surface area (Å²) in [6.45, 7) is 7.86. The Morgan fingerprint density at radius 2 is 2.17 bits per heavy atom. The summed E-state index contributed by atoms with van der Waals surface area (Å²) in [7, 11) is 0. The highest BCUT2D eigenvalue weighted by Crippen LogP contribution is 2.28. The Morgan fingerprint density at radius 3 is 2.83 bits per heavy atom. The zero-order valence-electron chi connectivity index (χ0n) is 14.4. The molecule has 7 heteroatoms. The molecule has 1 amide bonds. The maximum absolute atomic E-state index is 12.3. The van der Waals surface area contributed by atoms with Gasteiger partial charge in [-0.2, -0.15) is 4.98 Å². The molecule has 2 N–H and O–H groups in total. The SMILES string of the molecule is CCCc1noc(CCCC(=O)N2CCC(N)C(C)(C)C2)n1.Cl. The van der Waals surface area contributed by atoms with Gasteiger partial charge in [0.25, 0.3) is 0 Å². The molecule has 2 rings (SSSR count). The molecule has 1 aromatic rings. The minimum Gasteiger partial charge on any atom is -0.342 e. The van der Waals surface area contributed by atoms with Crippen molar-refractivity contribution >= 4 is 18.3 Å². The van der Waals surface area contributed by atoms with Gasteiger partial charge in [-0.25, -0.2) is 0 Å². The number of piperidine rings is 1. The maximum atomic E-state index is 12.3. The normalized spacial score (nSPS) is 20.2. The van der Waals surface area contributed by atoms with Crippen molar-refractivity contribution in [2.45, 2.75) is 65.3 Å². The van der Waals surface area contributed by atoms with E-state index in [0.717, 1.165) is 44.6 Å². The predicted molar refractivity (Wildman–Crippen MR) is 91.4 cm³/mol. The first-order valence-electron chi connectivity index (χ1n) is 8.27. The fourth-order valence-corrected chi connectivity index (χ4v) is 2.85. The summed E-state index contributed by atoms with van der Waals surface area (Å²) in [5.41, 5.74) is 6.11. The molecule has 132 valence electrons. The number of halogens is 1. The molecule has 1 fully saturated rings. The second kappa shape index (κ2) is 8.64. The Bertz CT molecular complexity index is 504. The van der Waals surface area contributed by atoms with Gasteiger partial charge in [-0.1, -0.05) is 25.9 Å². The van der Waals surface area contributed by atoms with Crippen LogP contribution in [0.15, 0.2) is 4.52 Å². The van der Waals surface area contributed by atoms with Gasteiger partial charge in [0.15, 0.2) is 5.82 Å². The minimum atomic E-state index is -0.00451. The maximum Gasteiger partial charge on any atom is 0.226 e. The average Bonchev–Trinajstić information content (AvgIpc) is 2.90. The summed E-state index contributed by atoms with van der Waals surface area (Å²) in [6, 6.07) is 0.173. The van der Waals surface area contributed by atoms with Crippen LogP contribution < -0.4 is 5.73 Å². The monoisotopic (exact) mass is 344 g/mol. The number of aryl methyl sites for hydroxylation is 2. The van der Waals surface area contributed by atoms with Crippen molar-refractivity contribution in [3.05, 3.63) is 11.7 Å². The molecular formula is C16H29ClN4O2. The van der Waals surface area contributed by atoms with Gasteiger partial charge < -0.3 is 15.2 Å². The third kappa shape index (κ3) is 5.46. The molecule has 1 aromatic heterocycles. The molecule has 1 saturated heterocycles. The van der Waals surface area contributed by atoms with Crippen LogP contribution in [0.4, 0.5) is 0 Å². The summed E-state index contributed by atoms with van der Waals surface area (Å²) < 4.78 is 5.19. The van der Waals surface area contributed by atoms with Crippen LogP contribution in [0.25, 0.3) is 0 Å². The molecule has 6 nitrogen and oxygen atoms in total. The van der Waals surface area contributed by atoms with Crippen molar-refractivity contribution in [2.24, 2.45) is 11.1 Å². The standard InChI is InChI=1S/C16H28N4O2.ClH/c1-4-6-13-18-14(22-19-13)7-5-8-15(21)20-10-9-12(17)16(2,3)11-20;/h12H,4-11,17H2,1-3H3;1H. The van der Waals surface area contributed by atoms with E-state index in [0.29, 0.717) is 18.7 Å². The first-order chi connectivity index (χ1) is 10.4. The van der Waals surface area contributed by atoms with Crippen molar-refractivity contribution in [1.29, 1.82) is 0 Å². The van der Waals surface area contributed by atoms with E-state index in [1.807, 2.05) is 4.90 Å². The van der Waals surface area contributed by atoms with Crippen molar-refractivity contribution in [2.75, 3.05) is 13.1 Å². The van der Waals surface area contributed by atoms with Gasteiger partial charge in [-0.3, -0.25) is 4.79 Å². The number of amides is 1. The second-order valence-electron chi connectivity index (χ2n) is 6.91. The zero-order chi connectivity index (χ0) is 16.2. The Labute approximate surface area is 144 Å². The molecule has 0 aromatic carbocycles. The third-order valence-electron chi connectivity index (χ3n) is 4.43. The van der Waals surface area contributed by atoms with E-state index in [4.69, 9.17) is 10.3 Å².